The van der Waals surface area contributed by atoms with Crippen LogP contribution in [0.1, 0.15) is 32.1 Å². The van der Waals surface area contributed by atoms with E-state index in [0.29, 0.717) is 25.6 Å². The van der Waals surface area contributed by atoms with E-state index in [4.69, 9.17) is 5.73 Å². The summed E-state index contributed by atoms with van der Waals surface area (Å²) in [5.41, 5.74) is 5.26. The Morgan fingerprint density at radius 2 is 1.94 bits per heavy atom. The van der Waals surface area contributed by atoms with Gasteiger partial charge in [-0.3, -0.25) is 9.59 Å². The lowest BCUT2D eigenvalue weighted by molar-refractivity contribution is -0.145. The maximum atomic E-state index is 11.7. The van der Waals surface area contributed by atoms with Crippen molar-refractivity contribution in [2.24, 2.45) is 11.7 Å². The van der Waals surface area contributed by atoms with E-state index in [0.717, 1.165) is 0 Å². The molecule has 98 valence electrons. The minimum atomic E-state index is -0.547. The van der Waals surface area contributed by atoms with Gasteiger partial charge in [0.25, 0.3) is 0 Å². The van der Waals surface area contributed by atoms with Gasteiger partial charge in [0.1, 0.15) is 0 Å². The number of carbonyl (C=O) groups excluding carboxylic acids is 2. The van der Waals surface area contributed by atoms with Crippen LogP contribution < -0.4 is 11.1 Å². The number of nitrogens with one attached hydrogen (secondary N) is 1. The van der Waals surface area contributed by atoms with E-state index >= 15 is 0 Å². The molecular formula is C12H23N3O2. The van der Waals surface area contributed by atoms with E-state index in [2.05, 4.69) is 5.32 Å². The van der Waals surface area contributed by atoms with Crippen LogP contribution >= 0.6 is 0 Å². The third kappa shape index (κ3) is 4.73. The van der Waals surface area contributed by atoms with Gasteiger partial charge >= 0.3 is 11.8 Å². The molecule has 0 aromatic heterocycles. The molecule has 0 spiro atoms. The maximum Gasteiger partial charge on any atom is 0.311 e. The van der Waals surface area contributed by atoms with Crippen molar-refractivity contribution < 1.29 is 9.59 Å². The lowest BCUT2D eigenvalue weighted by Crippen LogP contribution is -2.44. The Hall–Kier alpha value is -1.10. The van der Waals surface area contributed by atoms with E-state index in [9.17, 15) is 9.59 Å². The van der Waals surface area contributed by atoms with E-state index in [-0.39, 0.29) is 0 Å². The minimum absolute atomic E-state index is 0.349. The molecule has 2 amide bonds. The maximum absolute atomic E-state index is 11.7. The number of nitrogens with two attached hydrogens (primary N) is 1. The molecule has 1 fully saturated rings. The molecule has 0 bridgehead atoms. The second kappa shape index (κ2) is 7.27. The van der Waals surface area contributed by atoms with Crippen molar-refractivity contribution in [1.29, 1.82) is 0 Å². The summed E-state index contributed by atoms with van der Waals surface area (Å²) in [6.45, 7) is 1.39. The third-order valence-electron chi connectivity index (χ3n) is 3.23. The van der Waals surface area contributed by atoms with Crippen molar-refractivity contribution in [3.8, 4) is 0 Å². The minimum Gasteiger partial charge on any atom is -0.347 e. The van der Waals surface area contributed by atoms with Crippen molar-refractivity contribution in [1.82, 2.24) is 10.2 Å². The van der Waals surface area contributed by atoms with Crippen LogP contribution in [0.5, 0.6) is 0 Å². The lowest BCUT2D eigenvalue weighted by Gasteiger charge is -2.26. The molecule has 17 heavy (non-hydrogen) atoms. The molecular weight excluding hydrogens is 218 g/mol. The third-order valence-corrected chi connectivity index (χ3v) is 3.23. The van der Waals surface area contributed by atoms with Gasteiger partial charge < -0.3 is 16.0 Å². The zero-order chi connectivity index (χ0) is 12.7. The van der Waals surface area contributed by atoms with Crippen LogP contribution in [0, 0.1) is 5.92 Å². The summed E-state index contributed by atoms with van der Waals surface area (Å²) in [5, 5.41) is 2.50. The molecule has 0 heterocycles. The molecule has 3 N–H and O–H groups in total. The number of likely N-dealkylation sites (N-methyl/N-ethyl adjacent to an activating group) is 1. The molecule has 0 saturated heterocycles. The number of carbonyl (C=O) groups is 2. The van der Waals surface area contributed by atoms with E-state index in [1.165, 1.54) is 37.0 Å². The fourth-order valence-corrected chi connectivity index (χ4v) is 2.27. The highest BCUT2D eigenvalue weighted by atomic mass is 16.2. The van der Waals surface area contributed by atoms with Gasteiger partial charge in [-0.1, -0.05) is 19.3 Å². The molecule has 0 radical (unpaired) electrons. The molecule has 0 aromatic carbocycles. The van der Waals surface area contributed by atoms with Gasteiger partial charge in [-0.2, -0.15) is 0 Å². The van der Waals surface area contributed by atoms with Crippen LogP contribution in [-0.4, -0.2) is 43.4 Å². The molecule has 5 nitrogen and oxygen atoms in total. The number of hydrogen-bond acceptors (Lipinski definition) is 3. The molecule has 1 aliphatic carbocycles. The van der Waals surface area contributed by atoms with Gasteiger partial charge in [0.2, 0.25) is 0 Å². The number of amides is 2. The molecule has 0 unspecified atom stereocenters. The summed E-state index contributed by atoms with van der Waals surface area (Å²) in [6.07, 6.45) is 6.12. The molecule has 5 heteroatoms. The van der Waals surface area contributed by atoms with Crippen LogP contribution in [0.2, 0.25) is 0 Å². The first-order valence-corrected chi connectivity index (χ1v) is 6.38. The Kier molecular flexibility index (Phi) is 5.97. The predicted octanol–water partition coefficient (Wildman–Crippen LogP) is 0.100. The predicted molar refractivity (Wildman–Crippen MR) is 66.3 cm³/mol. The lowest BCUT2D eigenvalue weighted by atomic mass is 9.89. The second-order valence-corrected chi connectivity index (χ2v) is 4.73. The van der Waals surface area contributed by atoms with Crippen LogP contribution in [0.15, 0.2) is 0 Å². The van der Waals surface area contributed by atoms with Crippen molar-refractivity contribution in [3.05, 3.63) is 0 Å². The van der Waals surface area contributed by atoms with Gasteiger partial charge in [0.05, 0.1) is 0 Å². The summed E-state index contributed by atoms with van der Waals surface area (Å²) >= 11 is 0. The monoisotopic (exact) mass is 241 g/mol. The molecule has 0 aliphatic heterocycles. The standard InChI is InChI=1S/C12H23N3O2/c1-15(9-10-5-3-2-4-6-10)12(17)11(16)14-8-7-13/h10H,2-9,13H2,1H3,(H,14,16). The Morgan fingerprint density at radius 3 is 2.53 bits per heavy atom. The molecule has 1 aliphatic rings. The summed E-state index contributed by atoms with van der Waals surface area (Å²) < 4.78 is 0. The van der Waals surface area contributed by atoms with Crippen LogP contribution in [0.3, 0.4) is 0 Å². The van der Waals surface area contributed by atoms with Crippen molar-refractivity contribution >= 4 is 11.8 Å². The Balaban J connectivity index is 2.32. The van der Waals surface area contributed by atoms with Crippen molar-refractivity contribution in [3.63, 3.8) is 0 Å². The van der Waals surface area contributed by atoms with Gasteiger partial charge in [-0.25, -0.2) is 0 Å². The summed E-state index contributed by atoms with van der Waals surface area (Å²) in [5.74, 6) is -0.446. The first kappa shape index (κ1) is 14.0. The largest absolute Gasteiger partial charge is 0.347 e. The normalized spacial score (nSPS) is 16.6. The molecule has 1 saturated carbocycles. The first-order chi connectivity index (χ1) is 8.15. The smallest absolute Gasteiger partial charge is 0.311 e. The molecule has 0 atom stereocenters. The number of nitrogens with zero attached hydrogens (tertiary/aromatic N) is 1. The Morgan fingerprint density at radius 1 is 1.29 bits per heavy atom. The van der Waals surface area contributed by atoms with Crippen LogP contribution in [-0.2, 0) is 9.59 Å². The van der Waals surface area contributed by atoms with Crippen molar-refractivity contribution in [2.45, 2.75) is 32.1 Å². The van der Waals surface area contributed by atoms with Crippen LogP contribution in [0.4, 0.5) is 0 Å². The Bertz CT molecular complexity index is 262. The highest BCUT2D eigenvalue weighted by Crippen LogP contribution is 2.23. The zero-order valence-electron chi connectivity index (χ0n) is 10.6. The average molecular weight is 241 g/mol. The molecule has 0 aromatic rings. The van der Waals surface area contributed by atoms with E-state index < -0.39 is 11.8 Å². The van der Waals surface area contributed by atoms with E-state index in [1.807, 2.05) is 0 Å². The van der Waals surface area contributed by atoms with Gasteiger partial charge in [0.15, 0.2) is 0 Å². The van der Waals surface area contributed by atoms with E-state index in [1.54, 1.807) is 7.05 Å². The zero-order valence-corrected chi connectivity index (χ0v) is 10.6. The SMILES string of the molecule is CN(CC1CCCCC1)C(=O)C(=O)NCCN. The van der Waals surface area contributed by atoms with Crippen molar-refractivity contribution in [2.75, 3.05) is 26.7 Å². The number of rotatable bonds is 4. The topological polar surface area (TPSA) is 75.4 Å². The summed E-state index contributed by atoms with van der Waals surface area (Å²) in [7, 11) is 1.69. The average Bonchev–Trinajstić information content (AvgIpc) is 2.36. The fourth-order valence-electron chi connectivity index (χ4n) is 2.27. The second-order valence-electron chi connectivity index (χ2n) is 4.73. The summed E-state index contributed by atoms with van der Waals surface area (Å²) in [6, 6.07) is 0. The molecule has 1 rings (SSSR count). The number of hydrogen-bond donors (Lipinski definition) is 2. The van der Waals surface area contributed by atoms with Gasteiger partial charge in [-0.15, -0.1) is 0 Å². The summed E-state index contributed by atoms with van der Waals surface area (Å²) in [4.78, 5) is 24.7. The highest BCUT2D eigenvalue weighted by Gasteiger charge is 2.22. The van der Waals surface area contributed by atoms with Crippen LogP contribution in [0.25, 0.3) is 0 Å². The van der Waals surface area contributed by atoms with Gasteiger partial charge in [-0.05, 0) is 18.8 Å². The fraction of sp³-hybridized carbons (Fsp3) is 0.833. The Labute approximate surface area is 103 Å². The quantitative estimate of drug-likeness (QED) is 0.685. The highest BCUT2D eigenvalue weighted by molar-refractivity contribution is 6.34. The first-order valence-electron chi connectivity index (χ1n) is 6.38. The van der Waals surface area contributed by atoms with Gasteiger partial charge in [0, 0.05) is 26.7 Å².